The summed E-state index contributed by atoms with van der Waals surface area (Å²) in [5, 5.41) is 10.8. The Kier molecular flexibility index (Phi) is 11.4. The zero-order valence-corrected chi connectivity index (χ0v) is 11.7. The summed E-state index contributed by atoms with van der Waals surface area (Å²) in [6, 6.07) is 10.7. The first-order valence-electron chi connectivity index (χ1n) is 3.91. The predicted molar refractivity (Wildman–Crippen MR) is 62.4 cm³/mol. The summed E-state index contributed by atoms with van der Waals surface area (Å²) in [6.07, 6.45) is 1.22. The molecule has 0 spiro atoms. The Morgan fingerprint density at radius 1 is 1.50 bits per heavy atom. The summed E-state index contributed by atoms with van der Waals surface area (Å²) in [4.78, 5) is 3.55. The molecule has 0 unspecified atom stereocenters. The van der Waals surface area contributed by atoms with Gasteiger partial charge in [0.25, 0.3) is 0 Å². The Hall–Kier alpha value is 0.0823. The molecule has 1 aromatic rings. The standard InChI is InChI=1S/C10H12NO.HI.Pd/c1-11-10(12)8-7-9-5-3-2-4-6-9;;/h2-5H,7-8H2,1H3,(H,11,12);1H;/p-1. The number of halogens is 1. The molecule has 0 bridgehead atoms. The molecule has 1 radical (unpaired) electrons. The quantitative estimate of drug-likeness (QED) is 0.330. The van der Waals surface area contributed by atoms with E-state index in [1.165, 1.54) is 7.05 Å². The van der Waals surface area contributed by atoms with Crippen molar-refractivity contribution in [1.29, 1.82) is 0 Å². The topological polar surface area (TPSA) is 35.4 Å². The molecule has 81 valence electrons. The van der Waals surface area contributed by atoms with Gasteiger partial charge in [-0.25, -0.2) is 0 Å². The molecule has 0 aliphatic heterocycles. The maximum Gasteiger partial charge on any atom is 0.0265 e. The molecule has 4 heteroatoms. The van der Waals surface area contributed by atoms with Crippen LogP contribution in [-0.4, -0.2) is 12.9 Å². The molecule has 1 aromatic carbocycles. The summed E-state index contributed by atoms with van der Waals surface area (Å²) in [6.45, 7) is 0. The Morgan fingerprint density at radius 3 is 2.71 bits per heavy atom. The molecule has 0 heterocycles. The predicted octanol–water partition coefficient (Wildman–Crippen LogP) is 1.42. The van der Waals surface area contributed by atoms with Gasteiger partial charge in [-0.2, -0.15) is 0 Å². The fraction of sp³-hybridized carbons (Fsp3) is 0.300. The van der Waals surface area contributed by atoms with Gasteiger partial charge in [0, 0.05) is 27.5 Å². The fourth-order valence-electron chi connectivity index (χ4n) is 0.939. The summed E-state index contributed by atoms with van der Waals surface area (Å²) in [7, 11) is 1.52. The third-order valence-corrected chi connectivity index (χ3v) is 1.63. The number of nitrogens with zero attached hydrogens (tertiary/aromatic N) is 1. The van der Waals surface area contributed by atoms with Gasteiger partial charge < -0.3 is 10.1 Å². The van der Waals surface area contributed by atoms with Gasteiger partial charge in [0.2, 0.25) is 0 Å². The van der Waals surface area contributed by atoms with Crippen molar-refractivity contribution >= 4 is 29.9 Å². The van der Waals surface area contributed by atoms with Crippen LogP contribution in [0.4, 0.5) is 0 Å². The van der Waals surface area contributed by atoms with E-state index >= 15 is 0 Å². The van der Waals surface area contributed by atoms with Gasteiger partial charge in [-0.1, -0.05) is 24.3 Å². The van der Waals surface area contributed by atoms with Crippen molar-refractivity contribution in [2.75, 3.05) is 7.05 Å². The third kappa shape index (κ3) is 6.52. The minimum atomic E-state index is -0.0488. The van der Waals surface area contributed by atoms with Crippen LogP contribution >= 0.6 is 24.0 Å². The van der Waals surface area contributed by atoms with Crippen LogP contribution < -0.4 is 5.11 Å². The van der Waals surface area contributed by atoms with E-state index in [0.717, 1.165) is 12.0 Å². The number of rotatable bonds is 3. The van der Waals surface area contributed by atoms with E-state index in [1.807, 2.05) is 24.3 Å². The second-order valence-corrected chi connectivity index (χ2v) is 2.51. The normalized spacial score (nSPS) is 9.93. The van der Waals surface area contributed by atoms with Gasteiger partial charge in [0.05, 0.1) is 0 Å². The third-order valence-electron chi connectivity index (χ3n) is 1.63. The van der Waals surface area contributed by atoms with Crippen LogP contribution in [-0.2, 0) is 26.8 Å². The van der Waals surface area contributed by atoms with E-state index < -0.39 is 0 Å². The van der Waals surface area contributed by atoms with E-state index in [2.05, 4.69) is 11.1 Å². The Bertz CT molecular complexity index is 264. The summed E-state index contributed by atoms with van der Waals surface area (Å²) >= 11 is 0. The van der Waals surface area contributed by atoms with E-state index in [9.17, 15) is 5.11 Å². The Morgan fingerprint density at radius 2 is 2.21 bits per heavy atom. The molecule has 14 heavy (non-hydrogen) atoms. The van der Waals surface area contributed by atoms with Crippen molar-refractivity contribution in [2.24, 2.45) is 4.99 Å². The van der Waals surface area contributed by atoms with Crippen molar-refractivity contribution in [1.82, 2.24) is 0 Å². The van der Waals surface area contributed by atoms with E-state index in [0.29, 0.717) is 6.42 Å². The van der Waals surface area contributed by atoms with Gasteiger partial charge in [-0.15, -0.1) is 24.0 Å². The van der Waals surface area contributed by atoms with Gasteiger partial charge in [-0.05, 0) is 30.4 Å². The summed E-state index contributed by atoms with van der Waals surface area (Å²) in [5.74, 6) is -0.0488. The maximum absolute atomic E-state index is 10.8. The molecule has 0 atom stereocenters. The number of hydrogen-bond donors (Lipinski definition) is 0. The van der Waals surface area contributed by atoms with Gasteiger partial charge in [0.15, 0.2) is 0 Å². The van der Waals surface area contributed by atoms with Crippen LogP contribution in [0.3, 0.4) is 0 Å². The molecule has 0 aliphatic rings. The molecule has 0 fully saturated rings. The molecule has 0 aromatic heterocycles. The first kappa shape index (κ1) is 16.5. The largest absolute Gasteiger partial charge is 0.862 e. The maximum atomic E-state index is 10.8. The monoisotopic (exact) mass is 395 g/mol. The van der Waals surface area contributed by atoms with Gasteiger partial charge in [0.1, 0.15) is 0 Å². The van der Waals surface area contributed by atoms with Crippen LogP contribution in [0.15, 0.2) is 29.3 Å². The molecular formula is C10H12INOPd-. The fourth-order valence-corrected chi connectivity index (χ4v) is 0.939. The molecular weight excluding hydrogens is 383 g/mol. The van der Waals surface area contributed by atoms with Crippen LogP contribution in [0.5, 0.6) is 0 Å². The summed E-state index contributed by atoms with van der Waals surface area (Å²) in [5.41, 5.74) is 1.06. The average molecular weight is 396 g/mol. The summed E-state index contributed by atoms with van der Waals surface area (Å²) < 4.78 is 0. The minimum Gasteiger partial charge on any atom is -0.862 e. The van der Waals surface area contributed by atoms with Crippen molar-refractivity contribution < 1.29 is 25.5 Å². The number of benzene rings is 1. The van der Waals surface area contributed by atoms with Gasteiger partial charge >= 0.3 is 0 Å². The first-order valence-corrected chi connectivity index (χ1v) is 3.91. The number of hydrogen-bond acceptors (Lipinski definition) is 2. The van der Waals surface area contributed by atoms with E-state index in [4.69, 9.17) is 0 Å². The van der Waals surface area contributed by atoms with Crippen LogP contribution in [0.25, 0.3) is 0 Å². The van der Waals surface area contributed by atoms with Crippen molar-refractivity contribution in [3.8, 4) is 0 Å². The molecule has 0 amide bonds. The second kappa shape index (κ2) is 9.63. The van der Waals surface area contributed by atoms with Crippen LogP contribution in [0, 0.1) is 6.07 Å². The molecule has 2 nitrogen and oxygen atoms in total. The second-order valence-electron chi connectivity index (χ2n) is 2.51. The molecule has 0 saturated carbocycles. The molecule has 0 aliphatic carbocycles. The Labute approximate surface area is 116 Å². The van der Waals surface area contributed by atoms with Crippen molar-refractivity contribution in [3.63, 3.8) is 0 Å². The minimum absolute atomic E-state index is 0. The molecule has 1 rings (SSSR count). The average Bonchev–Trinajstić information content (AvgIpc) is 2.16. The number of aliphatic imine (C=N–C) groups is 1. The van der Waals surface area contributed by atoms with E-state index in [1.54, 1.807) is 0 Å². The van der Waals surface area contributed by atoms with Gasteiger partial charge in [-0.3, -0.25) is 0 Å². The SMILES string of the molecule is CN=C([O-])CCc1[c]cccc1.I.[Pd]. The van der Waals surface area contributed by atoms with Crippen LogP contribution in [0.2, 0.25) is 0 Å². The van der Waals surface area contributed by atoms with Crippen LogP contribution in [0.1, 0.15) is 12.0 Å². The van der Waals surface area contributed by atoms with Crippen molar-refractivity contribution in [2.45, 2.75) is 12.8 Å². The molecule has 0 saturated heterocycles. The first-order chi connectivity index (χ1) is 5.83. The zero-order chi connectivity index (χ0) is 8.81. The number of aryl methyl sites for hydroxylation is 1. The van der Waals surface area contributed by atoms with Crippen molar-refractivity contribution in [3.05, 3.63) is 35.9 Å². The molecule has 0 N–H and O–H groups in total. The van der Waals surface area contributed by atoms with E-state index in [-0.39, 0.29) is 50.3 Å². The smallest absolute Gasteiger partial charge is 0.0265 e. The Balaban J connectivity index is 0. The zero-order valence-electron chi connectivity index (χ0n) is 7.80.